The van der Waals surface area contributed by atoms with Gasteiger partial charge in [0.25, 0.3) is 0 Å². The first-order valence-electron chi connectivity index (χ1n) is 6.59. The average Bonchev–Trinajstić information content (AvgIpc) is 2.38. The van der Waals surface area contributed by atoms with Gasteiger partial charge < -0.3 is 5.73 Å². The first-order valence-corrected chi connectivity index (χ1v) is 8.86. The van der Waals surface area contributed by atoms with E-state index in [1.54, 1.807) is 6.07 Å². The van der Waals surface area contributed by atoms with Crippen molar-refractivity contribution in [3.63, 3.8) is 0 Å². The Hall–Kier alpha value is -0.580. The van der Waals surface area contributed by atoms with E-state index in [1.165, 1.54) is 18.7 Å². The summed E-state index contributed by atoms with van der Waals surface area (Å²) in [4.78, 5) is 0.286. The molecule has 0 aliphatic heterocycles. The van der Waals surface area contributed by atoms with Crippen molar-refractivity contribution in [1.82, 2.24) is 0 Å². The first kappa shape index (κ1) is 14.8. The van der Waals surface area contributed by atoms with Crippen LogP contribution in [0.5, 0.6) is 0 Å². The number of benzene rings is 1. The largest absolute Gasteiger partial charge is 0.330 e. The van der Waals surface area contributed by atoms with E-state index in [4.69, 9.17) is 17.3 Å². The molecular formula is C14H20ClNO2S. The van der Waals surface area contributed by atoms with Gasteiger partial charge >= 0.3 is 0 Å². The number of sulfone groups is 1. The molecule has 0 atom stereocenters. The summed E-state index contributed by atoms with van der Waals surface area (Å²) in [7, 11) is -3.25. The Morgan fingerprint density at radius 3 is 2.37 bits per heavy atom. The van der Waals surface area contributed by atoms with Gasteiger partial charge in [-0.2, -0.15) is 0 Å². The van der Waals surface area contributed by atoms with Crippen molar-refractivity contribution in [3.05, 3.63) is 28.8 Å². The third kappa shape index (κ3) is 3.12. The Labute approximate surface area is 120 Å². The van der Waals surface area contributed by atoms with Gasteiger partial charge in [-0.15, -0.1) is 0 Å². The number of rotatable bonds is 3. The van der Waals surface area contributed by atoms with Crippen molar-refractivity contribution in [1.29, 1.82) is 0 Å². The number of hydrogen-bond acceptors (Lipinski definition) is 3. The van der Waals surface area contributed by atoms with Crippen LogP contribution in [0.4, 0.5) is 0 Å². The van der Waals surface area contributed by atoms with Crippen LogP contribution in [0.1, 0.15) is 37.7 Å². The van der Waals surface area contributed by atoms with E-state index in [2.05, 4.69) is 0 Å². The molecule has 1 fully saturated rings. The van der Waals surface area contributed by atoms with Crippen LogP contribution in [0.3, 0.4) is 0 Å². The van der Waals surface area contributed by atoms with Gasteiger partial charge in [-0.1, -0.05) is 30.9 Å². The van der Waals surface area contributed by atoms with Crippen LogP contribution < -0.4 is 5.73 Å². The number of hydrogen-bond donors (Lipinski definition) is 1. The Morgan fingerprint density at radius 1 is 1.21 bits per heavy atom. The van der Waals surface area contributed by atoms with E-state index in [0.29, 0.717) is 11.6 Å². The van der Waals surface area contributed by atoms with Gasteiger partial charge in [0.15, 0.2) is 9.84 Å². The molecule has 2 rings (SSSR count). The van der Waals surface area contributed by atoms with Gasteiger partial charge in [0, 0.05) is 23.2 Å². The molecule has 1 aromatic rings. The van der Waals surface area contributed by atoms with Gasteiger partial charge in [-0.25, -0.2) is 8.42 Å². The molecule has 1 saturated carbocycles. The Bertz CT molecular complexity index is 563. The van der Waals surface area contributed by atoms with E-state index in [0.717, 1.165) is 31.2 Å². The second-order valence-corrected chi connectivity index (χ2v) is 7.95. The quantitative estimate of drug-likeness (QED) is 0.934. The van der Waals surface area contributed by atoms with Crippen LogP contribution in [0, 0.1) is 0 Å². The number of halogens is 1. The zero-order chi connectivity index (χ0) is 14.1. The van der Waals surface area contributed by atoms with E-state index >= 15 is 0 Å². The molecule has 106 valence electrons. The molecule has 1 aliphatic rings. The van der Waals surface area contributed by atoms with Crippen LogP contribution in [-0.4, -0.2) is 21.2 Å². The standard InChI is InChI=1S/C14H20ClNO2S/c1-19(17,18)13-8-11(7-12(15)9-13)14(10-16)5-3-2-4-6-14/h7-9H,2-6,10,16H2,1H3. The summed E-state index contributed by atoms with van der Waals surface area (Å²) in [5.41, 5.74) is 6.85. The van der Waals surface area contributed by atoms with Gasteiger partial charge in [0.2, 0.25) is 0 Å². The minimum atomic E-state index is -3.25. The van der Waals surface area contributed by atoms with Crippen molar-refractivity contribution in [3.8, 4) is 0 Å². The molecule has 3 nitrogen and oxygen atoms in total. The summed E-state index contributed by atoms with van der Waals surface area (Å²) in [6.45, 7) is 0.538. The van der Waals surface area contributed by atoms with Gasteiger partial charge in [-0.05, 0) is 36.6 Å². The molecule has 0 saturated heterocycles. The lowest BCUT2D eigenvalue weighted by Crippen LogP contribution is -2.37. The van der Waals surface area contributed by atoms with Gasteiger partial charge in [0.05, 0.1) is 4.90 Å². The third-order valence-electron chi connectivity index (χ3n) is 4.11. The predicted octanol–water partition coefficient (Wildman–Crippen LogP) is 2.90. The number of nitrogens with two attached hydrogens (primary N) is 1. The van der Waals surface area contributed by atoms with Crippen molar-refractivity contribution in [2.75, 3.05) is 12.8 Å². The lowest BCUT2D eigenvalue weighted by atomic mass is 9.69. The maximum absolute atomic E-state index is 11.7. The Morgan fingerprint density at radius 2 is 1.84 bits per heavy atom. The highest BCUT2D eigenvalue weighted by Gasteiger charge is 2.33. The maximum atomic E-state index is 11.7. The highest BCUT2D eigenvalue weighted by atomic mass is 35.5. The zero-order valence-electron chi connectivity index (χ0n) is 11.2. The van der Waals surface area contributed by atoms with E-state index in [-0.39, 0.29) is 10.3 Å². The normalized spacial score (nSPS) is 19.3. The highest BCUT2D eigenvalue weighted by Crippen LogP contribution is 2.40. The fraction of sp³-hybridized carbons (Fsp3) is 0.571. The molecule has 0 aromatic heterocycles. The SMILES string of the molecule is CS(=O)(=O)c1cc(Cl)cc(C2(CN)CCCCC2)c1. The van der Waals surface area contributed by atoms with Crippen molar-refractivity contribution in [2.45, 2.75) is 42.4 Å². The summed E-state index contributed by atoms with van der Waals surface area (Å²) >= 11 is 6.09. The summed E-state index contributed by atoms with van der Waals surface area (Å²) in [5, 5.41) is 0.469. The monoisotopic (exact) mass is 301 g/mol. The van der Waals surface area contributed by atoms with Crippen molar-refractivity contribution >= 4 is 21.4 Å². The lowest BCUT2D eigenvalue weighted by Gasteiger charge is -2.37. The molecule has 19 heavy (non-hydrogen) atoms. The third-order valence-corrected chi connectivity index (χ3v) is 5.42. The van der Waals surface area contributed by atoms with E-state index in [1.807, 2.05) is 6.07 Å². The van der Waals surface area contributed by atoms with Crippen molar-refractivity contribution in [2.24, 2.45) is 5.73 Å². The summed E-state index contributed by atoms with van der Waals surface area (Å²) in [5.74, 6) is 0. The predicted molar refractivity (Wildman–Crippen MR) is 78.4 cm³/mol. The summed E-state index contributed by atoms with van der Waals surface area (Å²) in [6, 6.07) is 5.13. The van der Waals surface area contributed by atoms with Crippen molar-refractivity contribution < 1.29 is 8.42 Å². The fourth-order valence-electron chi connectivity index (χ4n) is 2.92. The molecule has 0 heterocycles. The molecule has 0 bridgehead atoms. The minimum absolute atomic E-state index is 0.109. The zero-order valence-corrected chi connectivity index (χ0v) is 12.7. The van der Waals surface area contributed by atoms with E-state index < -0.39 is 9.84 Å². The maximum Gasteiger partial charge on any atom is 0.175 e. The van der Waals surface area contributed by atoms with Gasteiger partial charge in [0.1, 0.15) is 0 Å². The molecule has 1 aromatic carbocycles. The van der Waals surface area contributed by atoms with Crippen LogP contribution in [0.25, 0.3) is 0 Å². The van der Waals surface area contributed by atoms with Crippen LogP contribution in [-0.2, 0) is 15.3 Å². The summed E-state index contributed by atoms with van der Waals surface area (Å²) in [6.07, 6.45) is 6.72. The van der Waals surface area contributed by atoms with Crippen LogP contribution in [0.15, 0.2) is 23.1 Å². The molecule has 5 heteroatoms. The molecule has 2 N–H and O–H groups in total. The second-order valence-electron chi connectivity index (χ2n) is 5.49. The Balaban J connectivity index is 2.52. The molecule has 0 radical (unpaired) electrons. The second kappa shape index (κ2) is 5.43. The smallest absolute Gasteiger partial charge is 0.175 e. The fourth-order valence-corrected chi connectivity index (χ4v) is 3.90. The topological polar surface area (TPSA) is 60.2 Å². The average molecular weight is 302 g/mol. The summed E-state index contributed by atoms with van der Waals surface area (Å²) < 4.78 is 23.4. The molecule has 0 unspecified atom stereocenters. The first-order chi connectivity index (χ1) is 8.87. The molecule has 0 spiro atoms. The molecule has 1 aliphatic carbocycles. The van der Waals surface area contributed by atoms with Crippen LogP contribution in [0.2, 0.25) is 5.02 Å². The molecular weight excluding hydrogens is 282 g/mol. The minimum Gasteiger partial charge on any atom is -0.330 e. The van der Waals surface area contributed by atoms with E-state index in [9.17, 15) is 8.42 Å². The van der Waals surface area contributed by atoms with Gasteiger partial charge in [-0.3, -0.25) is 0 Å². The highest BCUT2D eigenvalue weighted by molar-refractivity contribution is 7.90. The van der Waals surface area contributed by atoms with Crippen LogP contribution >= 0.6 is 11.6 Å². The molecule has 0 amide bonds. The Kier molecular flexibility index (Phi) is 4.23. The lowest BCUT2D eigenvalue weighted by molar-refractivity contribution is 0.300.